The molecule has 0 spiro atoms. The Morgan fingerprint density at radius 2 is 1.17 bits per heavy atom. The summed E-state index contributed by atoms with van der Waals surface area (Å²) in [5, 5.41) is 18.3. The SMILES string of the molecule is CCSC1=C(SCCO)S/C(=C2/SC(SCCO)=C(SCC)[Se]2)[Se]1. The zero-order valence-corrected chi connectivity index (χ0v) is 21.7. The second-order valence-electron chi connectivity index (χ2n) is 4.14. The Labute approximate surface area is 182 Å². The zero-order chi connectivity index (χ0) is 17.4. The first kappa shape index (κ1) is 22.6. The number of aliphatic hydroxyl groups is 2. The van der Waals surface area contributed by atoms with Gasteiger partial charge in [-0.25, -0.2) is 0 Å². The molecule has 0 aromatic carbocycles. The van der Waals surface area contributed by atoms with Crippen molar-refractivity contribution in [3.63, 3.8) is 0 Å². The number of aliphatic hydroxyl groups excluding tert-OH is 2. The maximum atomic E-state index is 9.13. The normalized spacial score (nSPS) is 21.5. The fourth-order valence-electron chi connectivity index (χ4n) is 1.60. The minimum atomic E-state index is 0.247. The molecule has 2 nitrogen and oxygen atoms in total. The van der Waals surface area contributed by atoms with Crippen LogP contribution in [0.3, 0.4) is 0 Å². The molecule has 0 saturated heterocycles. The number of rotatable bonds is 10. The van der Waals surface area contributed by atoms with Crippen LogP contribution >= 0.6 is 70.6 Å². The summed E-state index contributed by atoms with van der Waals surface area (Å²) in [5.41, 5.74) is 0. The molecular weight excluding hydrogens is 550 g/mol. The standard InChI is InChI=1S/C14H20O2S6Se2/c1-3-17-11-9(19-7-5-15)21-13(23-11)14-22-10(20-8-6-16)12(24-14)18-4-2/h15-16H,3-8H2,1-2H3/b14-13+. The number of hydrogen-bond donors (Lipinski definition) is 2. The molecule has 0 radical (unpaired) electrons. The Kier molecular flexibility index (Phi) is 11.9. The summed E-state index contributed by atoms with van der Waals surface area (Å²) in [6.45, 7) is 4.93. The van der Waals surface area contributed by atoms with Gasteiger partial charge in [0.1, 0.15) is 0 Å². The van der Waals surface area contributed by atoms with Gasteiger partial charge in [0.25, 0.3) is 0 Å². The Morgan fingerprint density at radius 3 is 1.50 bits per heavy atom. The van der Waals surface area contributed by atoms with Crippen molar-refractivity contribution in [1.29, 1.82) is 0 Å². The van der Waals surface area contributed by atoms with Gasteiger partial charge in [-0.05, 0) is 0 Å². The van der Waals surface area contributed by atoms with E-state index in [9.17, 15) is 0 Å². The van der Waals surface area contributed by atoms with Crippen molar-refractivity contribution in [3.05, 3.63) is 23.7 Å². The van der Waals surface area contributed by atoms with Gasteiger partial charge in [-0.1, -0.05) is 0 Å². The molecule has 0 unspecified atom stereocenters. The van der Waals surface area contributed by atoms with E-state index in [2.05, 4.69) is 13.8 Å². The van der Waals surface area contributed by atoms with Crippen molar-refractivity contribution in [2.24, 2.45) is 0 Å². The van der Waals surface area contributed by atoms with E-state index >= 15 is 0 Å². The maximum absolute atomic E-state index is 9.13. The van der Waals surface area contributed by atoms with Crippen molar-refractivity contribution in [3.8, 4) is 0 Å². The molecule has 0 aliphatic carbocycles. The van der Waals surface area contributed by atoms with Gasteiger partial charge in [0.05, 0.1) is 0 Å². The van der Waals surface area contributed by atoms with Crippen LogP contribution in [0.25, 0.3) is 0 Å². The second-order valence-corrected chi connectivity index (χ2v) is 18.1. The Morgan fingerprint density at radius 1 is 0.750 bits per heavy atom. The van der Waals surface area contributed by atoms with Gasteiger partial charge >= 0.3 is 184 Å². The van der Waals surface area contributed by atoms with Crippen molar-refractivity contribution in [1.82, 2.24) is 0 Å². The summed E-state index contributed by atoms with van der Waals surface area (Å²) in [6.07, 6.45) is 0. The van der Waals surface area contributed by atoms with E-state index in [1.807, 2.05) is 70.6 Å². The van der Waals surface area contributed by atoms with Gasteiger partial charge in [-0.15, -0.1) is 0 Å². The molecule has 10 heteroatoms. The van der Waals surface area contributed by atoms with Gasteiger partial charge in [0, 0.05) is 0 Å². The van der Waals surface area contributed by atoms with Crippen LogP contribution in [-0.2, 0) is 0 Å². The van der Waals surface area contributed by atoms with Crippen LogP contribution in [0.15, 0.2) is 23.7 Å². The van der Waals surface area contributed by atoms with E-state index in [1.54, 1.807) is 15.2 Å². The third-order valence-corrected chi connectivity index (χ3v) is 19.0. The molecule has 2 aliphatic heterocycles. The summed E-state index contributed by atoms with van der Waals surface area (Å²) in [6, 6.07) is 0. The summed E-state index contributed by atoms with van der Waals surface area (Å²) >= 11 is 12.4. The first-order valence-electron chi connectivity index (χ1n) is 7.40. The van der Waals surface area contributed by atoms with Crippen LogP contribution in [0.1, 0.15) is 13.8 Å². The van der Waals surface area contributed by atoms with Crippen molar-refractivity contribution in [2.45, 2.75) is 13.8 Å². The Bertz CT molecular complexity index is 489. The van der Waals surface area contributed by atoms with E-state index in [0.717, 1.165) is 23.0 Å². The summed E-state index contributed by atoms with van der Waals surface area (Å²) < 4.78 is 9.12. The average Bonchev–Trinajstić information content (AvgIpc) is 3.16. The van der Waals surface area contributed by atoms with Gasteiger partial charge in [-0.2, -0.15) is 0 Å². The van der Waals surface area contributed by atoms with E-state index in [-0.39, 0.29) is 13.2 Å². The molecule has 0 aromatic rings. The van der Waals surface area contributed by atoms with Crippen LogP contribution in [0, 0.1) is 0 Å². The van der Waals surface area contributed by atoms with Gasteiger partial charge in [0.2, 0.25) is 0 Å². The molecular formula is C14H20O2S6Se2. The topological polar surface area (TPSA) is 40.5 Å². The molecule has 2 heterocycles. The first-order valence-corrected chi connectivity index (χ1v) is 16.4. The molecule has 0 saturated carbocycles. The second kappa shape index (κ2) is 12.7. The van der Waals surface area contributed by atoms with Gasteiger partial charge in [-0.3, -0.25) is 0 Å². The van der Waals surface area contributed by atoms with E-state index in [0.29, 0.717) is 29.9 Å². The third kappa shape index (κ3) is 6.71. The van der Waals surface area contributed by atoms with Crippen LogP contribution in [0.2, 0.25) is 0 Å². The number of hydrogen-bond acceptors (Lipinski definition) is 8. The minimum absolute atomic E-state index is 0.247. The molecule has 0 aromatic heterocycles. The molecule has 24 heavy (non-hydrogen) atoms. The molecule has 0 fully saturated rings. The summed E-state index contributed by atoms with van der Waals surface area (Å²) in [5.74, 6) is 3.82. The first-order chi connectivity index (χ1) is 11.7. The predicted molar refractivity (Wildman–Crippen MR) is 123 cm³/mol. The van der Waals surface area contributed by atoms with Crippen molar-refractivity contribution in [2.75, 3.05) is 36.2 Å². The molecule has 0 amide bonds. The Hall–Kier alpha value is 2.28. The van der Waals surface area contributed by atoms with E-state index < -0.39 is 0 Å². The van der Waals surface area contributed by atoms with Gasteiger partial charge < -0.3 is 0 Å². The molecule has 0 bridgehead atoms. The summed E-state index contributed by atoms with van der Waals surface area (Å²) in [4.78, 5) is 0. The van der Waals surface area contributed by atoms with Crippen LogP contribution in [0.4, 0.5) is 0 Å². The molecule has 0 atom stereocenters. The van der Waals surface area contributed by atoms with Crippen LogP contribution < -0.4 is 0 Å². The Balaban J connectivity index is 2.08. The van der Waals surface area contributed by atoms with Crippen molar-refractivity contribution < 1.29 is 10.2 Å². The fraction of sp³-hybridized carbons (Fsp3) is 0.571. The van der Waals surface area contributed by atoms with Gasteiger partial charge in [0.15, 0.2) is 0 Å². The molecule has 2 rings (SSSR count). The molecule has 2 N–H and O–H groups in total. The number of thioether (sulfide) groups is 6. The van der Waals surface area contributed by atoms with Crippen LogP contribution in [-0.4, -0.2) is 76.4 Å². The van der Waals surface area contributed by atoms with Crippen LogP contribution in [0.5, 0.6) is 0 Å². The predicted octanol–water partition coefficient (Wildman–Crippen LogP) is 4.23. The molecule has 136 valence electrons. The fourth-order valence-corrected chi connectivity index (χ4v) is 19.3. The van der Waals surface area contributed by atoms with E-state index in [4.69, 9.17) is 10.2 Å². The van der Waals surface area contributed by atoms with Crippen molar-refractivity contribution >= 4 is 100 Å². The van der Waals surface area contributed by atoms with E-state index in [1.165, 1.54) is 8.47 Å². The monoisotopic (exact) mass is 572 g/mol. The zero-order valence-electron chi connectivity index (χ0n) is 13.4. The molecule has 2 aliphatic rings. The third-order valence-electron chi connectivity index (χ3n) is 2.44. The quantitative estimate of drug-likeness (QED) is 0.379. The average molecular weight is 571 g/mol. The summed E-state index contributed by atoms with van der Waals surface area (Å²) in [7, 11) is 0.